The maximum Gasteiger partial charge on any atom is 0.303 e. The Morgan fingerprint density at radius 2 is 1.61 bits per heavy atom. The molecule has 0 saturated heterocycles. The van der Waals surface area contributed by atoms with Gasteiger partial charge in [-0.25, -0.2) is 0 Å². The standard InChI is InChI=1S/C19H18O4/c1-12(20)23-19-17(13-6-4-3-5-7-13)16(18(19)21)14-8-10-15(22-2)11-9-14/h3-11,16-17,19H,1-2H3/t16-,17-,19+/m1/s1. The van der Waals surface area contributed by atoms with Crippen LogP contribution in [0.4, 0.5) is 0 Å². The summed E-state index contributed by atoms with van der Waals surface area (Å²) in [5.74, 6) is -0.196. The molecule has 1 saturated carbocycles. The van der Waals surface area contributed by atoms with Gasteiger partial charge in [0.25, 0.3) is 0 Å². The third kappa shape index (κ3) is 2.84. The zero-order valence-corrected chi connectivity index (χ0v) is 13.1. The molecule has 2 aromatic carbocycles. The zero-order valence-electron chi connectivity index (χ0n) is 13.1. The Labute approximate surface area is 135 Å². The van der Waals surface area contributed by atoms with Crippen molar-refractivity contribution in [3.63, 3.8) is 0 Å². The van der Waals surface area contributed by atoms with Gasteiger partial charge in [0.1, 0.15) is 5.75 Å². The van der Waals surface area contributed by atoms with E-state index in [0.29, 0.717) is 0 Å². The molecule has 1 aliphatic carbocycles. The summed E-state index contributed by atoms with van der Waals surface area (Å²) >= 11 is 0. The van der Waals surface area contributed by atoms with Crippen molar-refractivity contribution < 1.29 is 19.1 Å². The van der Waals surface area contributed by atoms with Crippen molar-refractivity contribution in [2.75, 3.05) is 7.11 Å². The van der Waals surface area contributed by atoms with Gasteiger partial charge in [-0.15, -0.1) is 0 Å². The van der Waals surface area contributed by atoms with E-state index in [1.54, 1.807) is 7.11 Å². The fraction of sp³-hybridized carbons (Fsp3) is 0.263. The van der Waals surface area contributed by atoms with Gasteiger partial charge in [0, 0.05) is 12.8 Å². The molecular weight excluding hydrogens is 292 g/mol. The molecule has 0 unspecified atom stereocenters. The molecule has 0 N–H and O–H groups in total. The summed E-state index contributed by atoms with van der Waals surface area (Å²) in [6.45, 7) is 1.33. The number of carbonyl (C=O) groups is 2. The SMILES string of the molecule is COc1ccc([C@H]2C(=O)[C@@H](OC(C)=O)[C@@H]2c2ccccc2)cc1. The lowest BCUT2D eigenvalue weighted by Crippen LogP contribution is -2.50. The molecule has 0 spiro atoms. The fourth-order valence-electron chi connectivity index (χ4n) is 3.12. The van der Waals surface area contributed by atoms with E-state index in [1.165, 1.54) is 6.92 Å². The summed E-state index contributed by atoms with van der Waals surface area (Å²) in [5.41, 5.74) is 1.91. The first-order valence-corrected chi connectivity index (χ1v) is 7.51. The molecule has 118 valence electrons. The van der Waals surface area contributed by atoms with Gasteiger partial charge in [-0.1, -0.05) is 42.5 Å². The molecule has 3 atom stereocenters. The number of hydrogen-bond acceptors (Lipinski definition) is 4. The molecule has 1 fully saturated rings. The Kier molecular flexibility index (Phi) is 4.15. The third-order valence-corrected chi connectivity index (χ3v) is 4.22. The zero-order chi connectivity index (χ0) is 16.4. The Morgan fingerprint density at radius 1 is 0.957 bits per heavy atom. The van der Waals surface area contributed by atoms with Gasteiger partial charge in [0.15, 0.2) is 11.9 Å². The lowest BCUT2D eigenvalue weighted by atomic mass is 9.63. The summed E-state index contributed by atoms with van der Waals surface area (Å²) in [6, 6.07) is 17.2. The summed E-state index contributed by atoms with van der Waals surface area (Å²) < 4.78 is 10.4. The van der Waals surface area contributed by atoms with Crippen molar-refractivity contribution in [2.24, 2.45) is 0 Å². The molecule has 0 amide bonds. The summed E-state index contributed by atoms with van der Waals surface area (Å²) in [4.78, 5) is 23.8. The average molecular weight is 310 g/mol. The quantitative estimate of drug-likeness (QED) is 0.814. The molecule has 2 aromatic rings. The summed E-state index contributed by atoms with van der Waals surface area (Å²) in [6.07, 6.45) is -0.706. The second-order valence-electron chi connectivity index (χ2n) is 5.62. The van der Waals surface area contributed by atoms with Crippen molar-refractivity contribution in [1.29, 1.82) is 0 Å². The van der Waals surface area contributed by atoms with Crippen LogP contribution in [0.15, 0.2) is 54.6 Å². The number of esters is 1. The van der Waals surface area contributed by atoms with E-state index in [9.17, 15) is 9.59 Å². The smallest absolute Gasteiger partial charge is 0.303 e. The molecule has 0 radical (unpaired) electrons. The molecule has 0 aromatic heterocycles. The van der Waals surface area contributed by atoms with Crippen molar-refractivity contribution in [3.8, 4) is 5.75 Å². The molecule has 23 heavy (non-hydrogen) atoms. The van der Waals surface area contributed by atoms with E-state index in [4.69, 9.17) is 9.47 Å². The number of methoxy groups -OCH3 is 1. The van der Waals surface area contributed by atoms with Crippen LogP contribution >= 0.6 is 0 Å². The molecular formula is C19H18O4. The maximum atomic E-state index is 12.5. The Bertz CT molecular complexity index is 706. The molecule has 0 aliphatic heterocycles. The van der Waals surface area contributed by atoms with Crippen molar-refractivity contribution in [3.05, 3.63) is 65.7 Å². The fourth-order valence-corrected chi connectivity index (χ4v) is 3.12. The van der Waals surface area contributed by atoms with E-state index < -0.39 is 12.1 Å². The van der Waals surface area contributed by atoms with Crippen LogP contribution in [0.2, 0.25) is 0 Å². The topological polar surface area (TPSA) is 52.6 Å². The molecule has 3 rings (SSSR count). The minimum Gasteiger partial charge on any atom is -0.497 e. The lowest BCUT2D eigenvalue weighted by molar-refractivity contribution is -0.163. The van der Waals surface area contributed by atoms with Gasteiger partial charge in [-0.3, -0.25) is 9.59 Å². The largest absolute Gasteiger partial charge is 0.497 e. The highest BCUT2D eigenvalue weighted by molar-refractivity contribution is 5.99. The molecule has 0 bridgehead atoms. The molecule has 4 heteroatoms. The van der Waals surface area contributed by atoms with Crippen LogP contribution in [0, 0.1) is 0 Å². The van der Waals surface area contributed by atoms with E-state index in [-0.39, 0.29) is 17.6 Å². The van der Waals surface area contributed by atoms with Gasteiger partial charge in [-0.05, 0) is 23.3 Å². The summed E-state index contributed by atoms with van der Waals surface area (Å²) in [7, 11) is 1.60. The Morgan fingerprint density at radius 3 is 2.17 bits per heavy atom. The minimum absolute atomic E-state index is 0.0563. The monoisotopic (exact) mass is 310 g/mol. The first kappa shape index (κ1) is 15.3. The van der Waals surface area contributed by atoms with Crippen LogP contribution in [-0.2, 0) is 14.3 Å². The third-order valence-electron chi connectivity index (χ3n) is 4.22. The van der Waals surface area contributed by atoms with Crippen LogP contribution in [0.1, 0.15) is 29.9 Å². The highest BCUT2D eigenvalue weighted by atomic mass is 16.5. The maximum absolute atomic E-state index is 12.5. The highest BCUT2D eigenvalue weighted by Crippen LogP contribution is 2.48. The number of benzene rings is 2. The molecule has 4 nitrogen and oxygen atoms in total. The van der Waals surface area contributed by atoms with Gasteiger partial charge in [0.2, 0.25) is 0 Å². The summed E-state index contributed by atoms with van der Waals surface area (Å²) in [5, 5.41) is 0. The molecule has 1 aliphatic rings. The minimum atomic E-state index is -0.706. The van der Waals surface area contributed by atoms with Crippen molar-refractivity contribution in [1.82, 2.24) is 0 Å². The number of ether oxygens (including phenoxy) is 2. The second-order valence-corrected chi connectivity index (χ2v) is 5.62. The van der Waals surface area contributed by atoms with Gasteiger partial charge >= 0.3 is 5.97 Å². The Hall–Kier alpha value is -2.62. The molecule has 0 heterocycles. The predicted octanol–water partition coefficient (Wildman–Crippen LogP) is 3.08. The van der Waals surface area contributed by atoms with Gasteiger partial charge in [-0.2, -0.15) is 0 Å². The number of rotatable bonds is 4. The number of ketones is 1. The number of carbonyl (C=O) groups excluding carboxylic acids is 2. The van der Waals surface area contributed by atoms with E-state index in [1.807, 2.05) is 54.6 Å². The van der Waals surface area contributed by atoms with E-state index in [0.717, 1.165) is 16.9 Å². The number of Topliss-reactive ketones (excluding diaryl/α,β-unsaturated/α-hetero) is 1. The normalized spacial score (nSPS) is 23.0. The predicted molar refractivity (Wildman–Crippen MR) is 85.5 cm³/mol. The number of hydrogen-bond donors (Lipinski definition) is 0. The first-order chi connectivity index (χ1) is 11.1. The highest BCUT2D eigenvalue weighted by Gasteiger charge is 2.53. The van der Waals surface area contributed by atoms with Crippen LogP contribution in [0.5, 0.6) is 5.75 Å². The van der Waals surface area contributed by atoms with Gasteiger partial charge < -0.3 is 9.47 Å². The van der Waals surface area contributed by atoms with Crippen LogP contribution in [0.25, 0.3) is 0 Å². The van der Waals surface area contributed by atoms with Crippen LogP contribution in [-0.4, -0.2) is 25.0 Å². The van der Waals surface area contributed by atoms with Crippen LogP contribution < -0.4 is 4.74 Å². The van der Waals surface area contributed by atoms with E-state index >= 15 is 0 Å². The average Bonchev–Trinajstić information content (AvgIpc) is 2.58. The lowest BCUT2D eigenvalue weighted by Gasteiger charge is -2.42. The first-order valence-electron chi connectivity index (χ1n) is 7.51. The van der Waals surface area contributed by atoms with Gasteiger partial charge in [0.05, 0.1) is 13.0 Å². The van der Waals surface area contributed by atoms with E-state index in [2.05, 4.69) is 0 Å². The van der Waals surface area contributed by atoms with Crippen LogP contribution in [0.3, 0.4) is 0 Å². The van der Waals surface area contributed by atoms with Crippen molar-refractivity contribution >= 4 is 11.8 Å². The van der Waals surface area contributed by atoms with Crippen molar-refractivity contribution in [2.45, 2.75) is 24.9 Å². The Balaban J connectivity index is 1.94. The second kappa shape index (κ2) is 6.24.